The Morgan fingerprint density at radius 1 is 0.882 bits per heavy atom. The maximum Gasteiger partial charge on any atom is 0.0441 e. The zero-order valence-corrected chi connectivity index (χ0v) is 11.0. The van der Waals surface area contributed by atoms with Gasteiger partial charge in [-0.1, -0.05) is 54.1 Å². The summed E-state index contributed by atoms with van der Waals surface area (Å²) in [5.74, 6) is 0.662. The monoisotopic (exact) mass is 264 g/mol. The molecule has 0 radical (unpaired) electrons. The predicted octanol–water partition coefficient (Wildman–Crippen LogP) is 4.71. The third-order valence-electron chi connectivity index (χ3n) is 2.73. The first-order valence-corrected chi connectivity index (χ1v) is 6.58. The topological polar surface area (TPSA) is 0 Å². The van der Waals surface area contributed by atoms with Crippen LogP contribution in [0.5, 0.6) is 0 Å². The normalized spacial score (nSPS) is 10.5. The SMILES string of the molecule is ClCCc1cccc(Cc2ccccc2Cl)c1. The maximum absolute atomic E-state index is 6.15. The summed E-state index contributed by atoms with van der Waals surface area (Å²) in [4.78, 5) is 0. The van der Waals surface area contributed by atoms with E-state index in [1.54, 1.807) is 0 Å². The molecule has 0 unspecified atom stereocenters. The number of rotatable bonds is 4. The number of halogens is 2. The fourth-order valence-electron chi connectivity index (χ4n) is 1.87. The quantitative estimate of drug-likeness (QED) is 0.702. The second kappa shape index (κ2) is 6.09. The van der Waals surface area contributed by atoms with Crippen molar-refractivity contribution in [1.29, 1.82) is 0 Å². The Bertz CT molecular complexity index is 492. The standard InChI is InChI=1S/C15H14Cl2/c16-9-8-12-4-3-5-13(10-12)11-14-6-1-2-7-15(14)17/h1-7,10H,8-9,11H2. The van der Waals surface area contributed by atoms with Crippen LogP contribution < -0.4 is 0 Å². The molecule has 0 heterocycles. The molecular formula is C15H14Cl2. The minimum atomic E-state index is 0.662. The van der Waals surface area contributed by atoms with Gasteiger partial charge in [-0.05, 0) is 35.6 Å². The van der Waals surface area contributed by atoms with Crippen molar-refractivity contribution < 1.29 is 0 Å². The van der Waals surface area contributed by atoms with Gasteiger partial charge < -0.3 is 0 Å². The molecule has 0 spiro atoms. The Kier molecular flexibility index (Phi) is 4.47. The first-order valence-electron chi connectivity index (χ1n) is 5.67. The molecule has 0 aliphatic carbocycles. The number of hydrogen-bond donors (Lipinski definition) is 0. The van der Waals surface area contributed by atoms with Crippen molar-refractivity contribution in [2.45, 2.75) is 12.8 Å². The lowest BCUT2D eigenvalue weighted by Gasteiger charge is -2.06. The molecule has 0 aromatic heterocycles. The lowest BCUT2D eigenvalue weighted by molar-refractivity contribution is 1.11. The molecule has 2 heteroatoms. The van der Waals surface area contributed by atoms with Gasteiger partial charge in [0.05, 0.1) is 0 Å². The Balaban J connectivity index is 2.18. The molecule has 0 aliphatic heterocycles. The van der Waals surface area contributed by atoms with Gasteiger partial charge >= 0.3 is 0 Å². The van der Waals surface area contributed by atoms with Crippen LogP contribution in [0, 0.1) is 0 Å². The number of alkyl halides is 1. The molecule has 0 saturated heterocycles. The highest BCUT2D eigenvalue weighted by atomic mass is 35.5. The van der Waals surface area contributed by atoms with Gasteiger partial charge in [-0.25, -0.2) is 0 Å². The highest BCUT2D eigenvalue weighted by molar-refractivity contribution is 6.31. The summed E-state index contributed by atoms with van der Waals surface area (Å²) in [7, 11) is 0. The molecule has 0 fully saturated rings. The fourth-order valence-corrected chi connectivity index (χ4v) is 2.29. The summed E-state index contributed by atoms with van der Waals surface area (Å²) in [6.45, 7) is 0. The molecule has 0 N–H and O–H groups in total. The van der Waals surface area contributed by atoms with Crippen molar-refractivity contribution in [3.05, 3.63) is 70.2 Å². The summed E-state index contributed by atoms with van der Waals surface area (Å²) in [5.41, 5.74) is 3.72. The van der Waals surface area contributed by atoms with Crippen LogP contribution in [0.2, 0.25) is 5.02 Å². The average Bonchev–Trinajstić information content (AvgIpc) is 2.33. The van der Waals surface area contributed by atoms with Crippen molar-refractivity contribution in [2.24, 2.45) is 0 Å². The van der Waals surface area contributed by atoms with E-state index < -0.39 is 0 Å². The molecular weight excluding hydrogens is 251 g/mol. The van der Waals surface area contributed by atoms with E-state index in [0.29, 0.717) is 5.88 Å². The Hall–Kier alpha value is -0.980. The Morgan fingerprint density at radius 2 is 1.65 bits per heavy atom. The molecule has 88 valence electrons. The molecule has 2 aromatic carbocycles. The minimum absolute atomic E-state index is 0.662. The number of aryl methyl sites for hydroxylation is 1. The van der Waals surface area contributed by atoms with E-state index in [1.807, 2.05) is 18.2 Å². The van der Waals surface area contributed by atoms with Crippen LogP contribution in [-0.2, 0) is 12.8 Å². The summed E-state index contributed by atoms with van der Waals surface area (Å²) < 4.78 is 0. The Labute approximate surface area is 112 Å². The van der Waals surface area contributed by atoms with Gasteiger partial charge in [0.1, 0.15) is 0 Å². The molecule has 0 nitrogen and oxygen atoms in total. The van der Waals surface area contributed by atoms with Gasteiger partial charge in [0.15, 0.2) is 0 Å². The van der Waals surface area contributed by atoms with Crippen molar-refractivity contribution >= 4 is 23.2 Å². The van der Waals surface area contributed by atoms with E-state index in [9.17, 15) is 0 Å². The van der Waals surface area contributed by atoms with E-state index in [4.69, 9.17) is 23.2 Å². The van der Waals surface area contributed by atoms with Gasteiger partial charge in [0.25, 0.3) is 0 Å². The van der Waals surface area contributed by atoms with Gasteiger partial charge in [-0.15, -0.1) is 11.6 Å². The molecule has 0 aliphatic rings. The lowest BCUT2D eigenvalue weighted by atomic mass is 10.0. The first kappa shape index (κ1) is 12.5. The lowest BCUT2D eigenvalue weighted by Crippen LogP contribution is -1.92. The highest BCUT2D eigenvalue weighted by Crippen LogP contribution is 2.19. The van der Waals surface area contributed by atoms with Crippen LogP contribution in [0.15, 0.2) is 48.5 Å². The van der Waals surface area contributed by atoms with E-state index in [-0.39, 0.29) is 0 Å². The van der Waals surface area contributed by atoms with Crippen LogP contribution in [0.4, 0.5) is 0 Å². The van der Waals surface area contributed by atoms with E-state index in [2.05, 4.69) is 30.3 Å². The van der Waals surface area contributed by atoms with Crippen LogP contribution in [-0.4, -0.2) is 5.88 Å². The maximum atomic E-state index is 6.15. The van der Waals surface area contributed by atoms with Crippen LogP contribution in [0.3, 0.4) is 0 Å². The zero-order valence-electron chi connectivity index (χ0n) is 9.50. The second-order valence-corrected chi connectivity index (χ2v) is 4.81. The van der Waals surface area contributed by atoms with Crippen molar-refractivity contribution in [2.75, 3.05) is 5.88 Å². The summed E-state index contributed by atoms with van der Waals surface area (Å²) in [6.07, 6.45) is 1.79. The van der Waals surface area contributed by atoms with E-state index in [1.165, 1.54) is 11.1 Å². The predicted molar refractivity (Wildman–Crippen MR) is 75.1 cm³/mol. The molecule has 2 rings (SSSR count). The molecule has 0 saturated carbocycles. The molecule has 0 atom stereocenters. The van der Waals surface area contributed by atoms with Crippen molar-refractivity contribution in [3.63, 3.8) is 0 Å². The second-order valence-electron chi connectivity index (χ2n) is 4.03. The van der Waals surface area contributed by atoms with Gasteiger partial charge in [0.2, 0.25) is 0 Å². The summed E-state index contributed by atoms with van der Waals surface area (Å²) in [6, 6.07) is 16.5. The zero-order chi connectivity index (χ0) is 12.1. The summed E-state index contributed by atoms with van der Waals surface area (Å²) in [5, 5.41) is 0.829. The first-order chi connectivity index (χ1) is 8.29. The molecule has 2 aromatic rings. The number of benzene rings is 2. The summed E-state index contributed by atoms with van der Waals surface area (Å²) >= 11 is 11.9. The third-order valence-corrected chi connectivity index (χ3v) is 3.28. The van der Waals surface area contributed by atoms with Crippen molar-refractivity contribution in [3.8, 4) is 0 Å². The highest BCUT2D eigenvalue weighted by Gasteiger charge is 2.01. The van der Waals surface area contributed by atoms with Crippen LogP contribution >= 0.6 is 23.2 Å². The van der Waals surface area contributed by atoms with E-state index in [0.717, 1.165) is 23.4 Å². The molecule has 0 bridgehead atoms. The Morgan fingerprint density at radius 3 is 2.41 bits per heavy atom. The van der Waals surface area contributed by atoms with Crippen molar-refractivity contribution in [1.82, 2.24) is 0 Å². The van der Waals surface area contributed by atoms with Gasteiger partial charge in [-0.2, -0.15) is 0 Å². The average molecular weight is 265 g/mol. The smallest absolute Gasteiger partial charge is 0.0441 e. The van der Waals surface area contributed by atoms with Gasteiger partial charge in [0, 0.05) is 10.9 Å². The number of hydrogen-bond acceptors (Lipinski definition) is 0. The van der Waals surface area contributed by atoms with Gasteiger partial charge in [-0.3, -0.25) is 0 Å². The minimum Gasteiger partial charge on any atom is -0.126 e. The third kappa shape index (κ3) is 3.49. The molecule has 0 amide bonds. The van der Waals surface area contributed by atoms with E-state index >= 15 is 0 Å². The van der Waals surface area contributed by atoms with Crippen LogP contribution in [0.1, 0.15) is 16.7 Å². The fraction of sp³-hybridized carbons (Fsp3) is 0.200. The molecule has 17 heavy (non-hydrogen) atoms. The largest absolute Gasteiger partial charge is 0.126 e. The van der Waals surface area contributed by atoms with Crippen LogP contribution in [0.25, 0.3) is 0 Å².